The molecule has 152 valence electrons. The Morgan fingerprint density at radius 1 is 1.00 bits per heavy atom. The average Bonchev–Trinajstić information content (AvgIpc) is 3.27. The standard InChI is InChI=1S/C25H24N2O3/c1-2-3-14-29-23-12-10-19(11-13-23)25(28)26-17-22-16-24(30-27-22)21-9-8-18-6-4-5-7-20(18)15-21/h4-13,15-16H,2-3,14,17H2,1H3,(H,26,28). The van der Waals surface area contributed by atoms with Gasteiger partial charge in [-0.2, -0.15) is 0 Å². The molecule has 0 unspecified atom stereocenters. The van der Waals surface area contributed by atoms with E-state index in [0.29, 0.717) is 30.2 Å². The van der Waals surface area contributed by atoms with E-state index in [1.54, 1.807) is 12.1 Å². The van der Waals surface area contributed by atoms with Crippen molar-refractivity contribution in [3.63, 3.8) is 0 Å². The van der Waals surface area contributed by atoms with Crippen LogP contribution in [-0.2, 0) is 6.54 Å². The van der Waals surface area contributed by atoms with Crippen molar-refractivity contribution in [2.45, 2.75) is 26.3 Å². The number of carbonyl (C=O) groups excluding carboxylic acids is 1. The molecule has 5 nitrogen and oxygen atoms in total. The molecule has 1 N–H and O–H groups in total. The zero-order valence-electron chi connectivity index (χ0n) is 16.9. The molecule has 0 aliphatic rings. The number of rotatable bonds is 8. The van der Waals surface area contributed by atoms with Crippen molar-refractivity contribution in [3.8, 4) is 17.1 Å². The first kappa shape index (κ1) is 19.7. The number of unbranched alkanes of at least 4 members (excludes halogenated alkanes) is 1. The van der Waals surface area contributed by atoms with Crippen molar-refractivity contribution >= 4 is 16.7 Å². The number of benzene rings is 3. The molecule has 4 aromatic rings. The van der Waals surface area contributed by atoms with Crippen LogP contribution in [-0.4, -0.2) is 17.7 Å². The lowest BCUT2D eigenvalue weighted by Gasteiger charge is -2.07. The maximum absolute atomic E-state index is 12.4. The van der Waals surface area contributed by atoms with Crippen LogP contribution in [0.1, 0.15) is 35.8 Å². The van der Waals surface area contributed by atoms with Crippen LogP contribution in [0.5, 0.6) is 5.75 Å². The number of amides is 1. The molecule has 0 atom stereocenters. The van der Waals surface area contributed by atoms with Crippen molar-refractivity contribution in [2.75, 3.05) is 6.61 Å². The molecule has 0 aliphatic heterocycles. The van der Waals surface area contributed by atoms with Crippen LogP contribution < -0.4 is 10.1 Å². The number of aromatic nitrogens is 1. The van der Waals surface area contributed by atoms with Crippen LogP contribution >= 0.6 is 0 Å². The van der Waals surface area contributed by atoms with Gasteiger partial charge in [0.1, 0.15) is 11.4 Å². The quantitative estimate of drug-likeness (QED) is 0.391. The zero-order valence-corrected chi connectivity index (χ0v) is 16.9. The third-order valence-electron chi connectivity index (χ3n) is 4.91. The summed E-state index contributed by atoms with van der Waals surface area (Å²) in [7, 11) is 0. The van der Waals surface area contributed by atoms with Crippen LogP contribution in [0.3, 0.4) is 0 Å². The van der Waals surface area contributed by atoms with Gasteiger partial charge < -0.3 is 14.6 Å². The van der Waals surface area contributed by atoms with E-state index in [1.807, 2.05) is 36.4 Å². The topological polar surface area (TPSA) is 64.4 Å². The summed E-state index contributed by atoms with van der Waals surface area (Å²) in [5.41, 5.74) is 2.21. The van der Waals surface area contributed by atoms with E-state index in [0.717, 1.165) is 29.5 Å². The van der Waals surface area contributed by atoms with Crippen LogP contribution in [0.2, 0.25) is 0 Å². The molecule has 30 heavy (non-hydrogen) atoms. The van der Waals surface area contributed by atoms with Gasteiger partial charge in [-0.25, -0.2) is 0 Å². The van der Waals surface area contributed by atoms with Crippen molar-refractivity contribution in [3.05, 3.63) is 84.1 Å². The molecule has 1 amide bonds. The number of hydrogen-bond donors (Lipinski definition) is 1. The first-order valence-electron chi connectivity index (χ1n) is 10.2. The minimum absolute atomic E-state index is 0.162. The van der Waals surface area contributed by atoms with Crippen molar-refractivity contribution in [1.29, 1.82) is 0 Å². The van der Waals surface area contributed by atoms with Crippen LogP contribution in [0.4, 0.5) is 0 Å². The first-order valence-corrected chi connectivity index (χ1v) is 10.2. The Balaban J connectivity index is 1.36. The normalized spacial score (nSPS) is 10.8. The van der Waals surface area contributed by atoms with Gasteiger partial charge in [-0.15, -0.1) is 0 Å². The Kier molecular flexibility index (Phi) is 6.09. The molecule has 4 rings (SSSR count). The number of nitrogens with one attached hydrogen (secondary N) is 1. The van der Waals surface area contributed by atoms with Crippen molar-refractivity contribution in [1.82, 2.24) is 10.5 Å². The second-order valence-corrected chi connectivity index (χ2v) is 7.15. The maximum atomic E-state index is 12.4. The molecule has 0 aliphatic carbocycles. The fourth-order valence-corrected chi connectivity index (χ4v) is 3.18. The van der Waals surface area contributed by atoms with Crippen molar-refractivity contribution < 1.29 is 14.1 Å². The third-order valence-corrected chi connectivity index (χ3v) is 4.91. The van der Waals surface area contributed by atoms with E-state index < -0.39 is 0 Å². The van der Waals surface area contributed by atoms with Gasteiger partial charge in [-0.05, 0) is 47.5 Å². The maximum Gasteiger partial charge on any atom is 0.251 e. The summed E-state index contributed by atoms with van der Waals surface area (Å²) >= 11 is 0. The highest BCUT2D eigenvalue weighted by Gasteiger charge is 2.10. The van der Waals surface area contributed by atoms with Gasteiger partial charge in [0.15, 0.2) is 5.76 Å². The van der Waals surface area contributed by atoms with E-state index in [1.165, 1.54) is 5.39 Å². The van der Waals surface area contributed by atoms with E-state index >= 15 is 0 Å². The summed E-state index contributed by atoms with van der Waals surface area (Å²) in [6, 6.07) is 23.3. The molecule has 5 heteroatoms. The zero-order chi connectivity index (χ0) is 20.8. The lowest BCUT2D eigenvalue weighted by molar-refractivity contribution is 0.0950. The number of carbonyl (C=O) groups is 1. The van der Waals surface area contributed by atoms with Crippen LogP contribution in [0.15, 0.2) is 77.3 Å². The lowest BCUT2D eigenvalue weighted by Crippen LogP contribution is -2.22. The van der Waals surface area contributed by atoms with Crippen molar-refractivity contribution in [2.24, 2.45) is 0 Å². The summed E-state index contributed by atoms with van der Waals surface area (Å²) in [4.78, 5) is 12.4. The highest BCUT2D eigenvalue weighted by atomic mass is 16.5. The second-order valence-electron chi connectivity index (χ2n) is 7.15. The number of fused-ring (bicyclic) bond motifs is 1. The smallest absolute Gasteiger partial charge is 0.251 e. The molecule has 0 saturated carbocycles. The fourth-order valence-electron chi connectivity index (χ4n) is 3.18. The van der Waals surface area contributed by atoms with Gasteiger partial charge in [-0.1, -0.05) is 54.9 Å². The summed E-state index contributed by atoms with van der Waals surface area (Å²) in [6.07, 6.45) is 2.10. The Bertz CT molecular complexity index is 1130. The molecule has 1 heterocycles. The number of ether oxygens (including phenoxy) is 1. The van der Waals surface area contributed by atoms with Crippen LogP contribution in [0.25, 0.3) is 22.1 Å². The Labute approximate surface area is 175 Å². The summed E-state index contributed by atoms with van der Waals surface area (Å²) < 4.78 is 11.1. The van der Waals surface area contributed by atoms with E-state index in [4.69, 9.17) is 9.26 Å². The van der Waals surface area contributed by atoms with E-state index in [9.17, 15) is 4.79 Å². The number of nitrogens with zero attached hydrogens (tertiary/aromatic N) is 1. The van der Waals surface area contributed by atoms with Gasteiger partial charge in [0, 0.05) is 17.2 Å². The highest BCUT2D eigenvalue weighted by Crippen LogP contribution is 2.25. The third kappa shape index (κ3) is 4.69. The predicted molar refractivity (Wildman–Crippen MR) is 117 cm³/mol. The minimum atomic E-state index is -0.162. The lowest BCUT2D eigenvalue weighted by atomic mass is 10.1. The van der Waals surface area contributed by atoms with Gasteiger partial charge in [0.25, 0.3) is 5.91 Å². The van der Waals surface area contributed by atoms with E-state index in [2.05, 4.69) is 41.7 Å². The van der Waals surface area contributed by atoms with Crippen LogP contribution in [0, 0.1) is 0 Å². The van der Waals surface area contributed by atoms with Gasteiger partial charge in [-0.3, -0.25) is 4.79 Å². The number of hydrogen-bond acceptors (Lipinski definition) is 4. The molecular weight excluding hydrogens is 376 g/mol. The Morgan fingerprint density at radius 3 is 2.60 bits per heavy atom. The van der Waals surface area contributed by atoms with Gasteiger partial charge >= 0.3 is 0 Å². The van der Waals surface area contributed by atoms with Gasteiger partial charge in [0.2, 0.25) is 0 Å². The average molecular weight is 400 g/mol. The second kappa shape index (κ2) is 9.27. The SMILES string of the molecule is CCCCOc1ccc(C(=O)NCc2cc(-c3ccc4ccccc4c3)on2)cc1. The first-order chi connectivity index (χ1) is 14.7. The minimum Gasteiger partial charge on any atom is -0.494 e. The summed E-state index contributed by atoms with van der Waals surface area (Å²) in [6.45, 7) is 3.11. The molecule has 3 aromatic carbocycles. The fraction of sp³-hybridized carbons (Fsp3) is 0.200. The largest absolute Gasteiger partial charge is 0.494 e. The van der Waals surface area contributed by atoms with Gasteiger partial charge in [0.05, 0.1) is 13.2 Å². The highest BCUT2D eigenvalue weighted by molar-refractivity contribution is 5.94. The molecule has 0 fully saturated rings. The monoisotopic (exact) mass is 400 g/mol. The Morgan fingerprint density at radius 2 is 1.80 bits per heavy atom. The molecule has 0 bridgehead atoms. The van der Waals surface area contributed by atoms with E-state index in [-0.39, 0.29) is 5.91 Å². The summed E-state index contributed by atoms with van der Waals surface area (Å²) in [5, 5.41) is 9.28. The predicted octanol–water partition coefficient (Wildman–Crippen LogP) is 5.60. The molecular formula is C25H24N2O3. The molecule has 1 aromatic heterocycles. The molecule has 0 saturated heterocycles. The Hall–Kier alpha value is -3.60. The molecule has 0 spiro atoms. The summed E-state index contributed by atoms with van der Waals surface area (Å²) in [5.74, 6) is 1.29. The molecule has 0 radical (unpaired) electrons.